The van der Waals surface area contributed by atoms with Crippen LogP contribution in [-0.4, -0.2) is 38.9 Å². The molecule has 30 heavy (non-hydrogen) atoms. The van der Waals surface area contributed by atoms with E-state index in [2.05, 4.69) is 54.7 Å². The lowest BCUT2D eigenvalue weighted by Gasteiger charge is -2.27. The van der Waals surface area contributed by atoms with E-state index in [0.717, 1.165) is 35.4 Å². The van der Waals surface area contributed by atoms with Crippen molar-refractivity contribution in [2.75, 3.05) is 13.1 Å². The number of halogens is 1. The number of benzene rings is 2. The molecule has 0 atom stereocenters. The SMILES string of the molecule is Cc1c(C(=O)NCc2ccccc2CN2CCCCC2)nnn1-c1cccc(Br)c1. The van der Waals surface area contributed by atoms with Crippen LogP contribution in [0.25, 0.3) is 5.69 Å². The zero-order valence-electron chi connectivity index (χ0n) is 17.1. The third kappa shape index (κ3) is 4.79. The minimum atomic E-state index is -0.207. The average molecular weight is 468 g/mol. The van der Waals surface area contributed by atoms with Crippen molar-refractivity contribution in [3.63, 3.8) is 0 Å². The Balaban J connectivity index is 1.44. The van der Waals surface area contributed by atoms with Gasteiger partial charge in [-0.25, -0.2) is 4.68 Å². The Morgan fingerprint density at radius 2 is 1.83 bits per heavy atom. The molecular formula is C23H26BrN5O. The van der Waals surface area contributed by atoms with E-state index in [1.807, 2.05) is 37.3 Å². The number of amides is 1. The van der Waals surface area contributed by atoms with Crippen LogP contribution in [0.3, 0.4) is 0 Å². The molecule has 1 N–H and O–H groups in total. The lowest BCUT2D eigenvalue weighted by atomic mass is 10.0. The van der Waals surface area contributed by atoms with Crippen LogP contribution >= 0.6 is 15.9 Å². The van der Waals surface area contributed by atoms with Crippen molar-refractivity contribution in [3.05, 3.63) is 75.5 Å². The maximum Gasteiger partial charge on any atom is 0.274 e. The monoisotopic (exact) mass is 467 g/mol. The topological polar surface area (TPSA) is 63.1 Å². The van der Waals surface area contributed by atoms with Crippen molar-refractivity contribution in [1.29, 1.82) is 0 Å². The summed E-state index contributed by atoms with van der Waals surface area (Å²) in [6, 6.07) is 16.1. The van der Waals surface area contributed by atoms with Crippen molar-refractivity contribution in [2.45, 2.75) is 39.3 Å². The highest BCUT2D eigenvalue weighted by molar-refractivity contribution is 9.10. The highest BCUT2D eigenvalue weighted by Crippen LogP contribution is 2.18. The van der Waals surface area contributed by atoms with Crippen molar-refractivity contribution in [3.8, 4) is 5.69 Å². The van der Waals surface area contributed by atoms with E-state index in [9.17, 15) is 4.79 Å². The second-order valence-corrected chi connectivity index (χ2v) is 8.62. The Hall–Kier alpha value is -2.51. The van der Waals surface area contributed by atoms with E-state index < -0.39 is 0 Å². The Kier molecular flexibility index (Phi) is 6.59. The molecule has 0 saturated carbocycles. The van der Waals surface area contributed by atoms with E-state index in [1.165, 1.54) is 24.8 Å². The van der Waals surface area contributed by atoms with Crippen LogP contribution in [0.4, 0.5) is 0 Å². The summed E-state index contributed by atoms with van der Waals surface area (Å²) in [7, 11) is 0. The molecule has 0 bridgehead atoms. The summed E-state index contributed by atoms with van der Waals surface area (Å²) in [5.74, 6) is -0.207. The standard InChI is InChI=1S/C23H26BrN5O/c1-17-22(26-27-29(17)21-11-7-10-20(24)14-21)23(30)25-15-18-8-3-4-9-19(18)16-28-12-5-2-6-13-28/h3-4,7-11,14H,2,5-6,12-13,15-16H2,1H3,(H,25,30). The smallest absolute Gasteiger partial charge is 0.274 e. The molecule has 3 aromatic rings. The summed E-state index contributed by atoms with van der Waals surface area (Å²) in [6.07, 6.45) is 3.87. The molecule has 156 valence electrons. The molecule has 0 unspecified atom stereocenters. The fraction of sp³-hybridized carbons (Fsp3) is 0.348. The van der Waals surface area contributed by atoms with Crippen LogP contribution in [0, 0.1) is 6.92 Å². The molecule has 1 aliphatic heterocycles. The fourth-order valence-electron chi connectivity index (χ4n) is 3.89. The maximum atomic E-state index is 12.8. The van der Waals surface area contributed by atoms with Gasteiger partial charge in [0.25, 0.3) is 5.91 Å². The molecule has 0 spiro atoms. The Morgan fingerprint density at radius 1 is 1.07 bits per heavy atom. The number of carbonyl (C=O) groups is 1. The summed E-state index contributed by atoms with van der Waals surface area (Å²) >= 11 is 3.47. The molecule has 4 rings (SSSR count). The van der Waals surface area contributed by atoms with Crippen molar-refractivity contribution >= 4 is 21.8 Å². The van der Waals surface area contributed by atoms with Crippen molar-refractivity contribution in [1.82, 2.24) is 25.2 Å². The van der Waals surface area contributed by atoms with E-state index in [0.29, 0.717) is 17.9 Å². The number of nitrogens with one attached hydrogen (secondary N) is 1. The zero-order chi connectivity index (χ0) is 20.9. The maximum absolute atomic E-state index is 12.8. The normalized spacial score (nSPS) is 14.6. The minimum Gasteiger partial charge on any atom is -0.346 e. The molecule has 1 saturated heterocycles. The summed E-state index contributed by atoms with van der Waals surface area (Å²) in [6.45, 7) is 5.58. The summed E-state index contributed by atoms with van der Waals surface area (Å²) in [5.41, 5.74) is 4.35. The third-order valence-corrected chi connectivity index (χ3v) is 6.06. The van der Waals surface area contributed by atoms with Crippen molar-refractivity contribution in [2.24, 2.45) is 0 Å². The van der Waals surface area contributed by atoms with Gasteiger partial charge < -0.3 is 5.32 Å². The van der Waals surface area contributed by atoms with Crippen molar-refractivity contribution < 1.29 is 4.79 Å². The van der Waals surface area contributed by atoms with Crippen LogP contribution in [0.15, 0.2) is 53.0 Å². The van der Waals surface area contributed by atoms with Gasteiger partial charge in [0.2, 0.25) is 0 Å². The van der Waals surface area contributed by atoms with Gasteiger partial charge >= 0.3 is 0 Å². The Labute approximate surface area is 185 Å². The zero-order valence-corrected chi connectivity index (χ0v) is 18.7. The van der Waals surface area contributed by atoms with Gasteiger partial charge in [0, 0.05) is 17.6 Å². The number of rotatable bonds is 6. The molecule has 0 radical (unpaired) electrons. The van der Waals surface area contributed by atoms with Gasteiger partial charge in [-0.15, -0.1) is 5.10 Å². The second kappa shape index (κ2) is 9.53. The highest BCUT2D eigenvalue weighted by Gasteiger charge is 2.18. The number of hydrogen-bond acceptors (Lipinski definition) is 4. The first kappa shape index (κ1) is 20.8. The summed E-state index contributed by atoms with van der Waals surface area (Å²) in [4.78, 5) is 15.3. The van der Waals surface area contributed by atoms with Crippen LogP contribution < -0.4 is 5.32 Å². The lowest BCUT2D eigenvalue weighted by Crippen LogP contribution is -2.30. The van der Waals surface area contributed by atoms with Crippen LogP contribution in [-0.2, 0) is 13.1 Å². The number of piperidine rings is 1. The fourth-order valence-corrected chi connectivity index (χ4v) is 4.28. The molecule has 6 nitrogen and oxygen atoms in total. The van der Waals surface area contributed by atoms with E-state index in [1.54, 1.807) is 4.68 Å². The molecule has 1 fully saturated rings. The van der Waals surface area contributed by atoms with Gasteiger partial charge in [0.1, 0.15) is 0 Å². The number of nitrogens with zero attached hydrogens (tertiary/aromatic N) is 4. The predicted molar refractivity (Wildman–Crippen MR) is 121 cm³/mol. The molecule has 2 aromatic carbocycles. The van der Waals surface area contributed by atoms with Crippen LogP contribution in [0.2, 0.25) is 0 Å². The lowest BCUT2D eigenvalue weighted by molar-refractivity contribution is 0.0945. The molecule has 1 amide bonds. The molecule has 1 aromatic heterocycles. The molecule has 1 aliphatic rings. The number of hydrogen-bond donors (Lipinski definition) is 1. The van der Waals surface area contributed by atoms with E-state index in [4.69, 9.17) is 0 Å². The van der Waals surface area contributed by atoms with E-state index in [-0.39, 0.29) is 5.91 Å². The molecular weight excluding hydrogens is 442 g/mol. The van der Waals surface area contributed by atoms with Gasteiger partial charge in [-0.2, -0.15) is 0 Å². The first-order chi connectivity index (χ1) is 14.6. The highest BCUT2D eigenvalue weighted by atomic mass is 79.9. The third-order valence-electron chi connectivity index (χ3n) is 5.56. The van der Waals surface area contributed by atoms with Crippen LogP contribution in [0.5, 0.6) is 0 Å². The number of aromatic nitrogens is 3. The van der Waals surface area contributed by atoms with Gasteiger partial charge in [-0.05, 0) is 62.2 Å². The molecule has 7 heteroatoms. The predicted octanol–water partition coefficient (Wildman–Crippen LogP) is 4.25. The van der Waals surface area contributed by atoms with Gasteiger partial charge in [-0.3, -0.25) is 9.69 Å². The van der Waals surface area contributed by atoms with Crippen LogP contribution in [0.1, 0.15) is 46.6 Å². The Morgan fingerprint density at radius 3 is 2.60 bits per heavy atom. The Bertz CT molecular complexity index is 1030. The first-order valence-corrected chi connectivity index (χ1v) is 11.2. The quantitative estimate of drug-likeness (QED) is 0.588. The summed E-state index contributed by atoms with van der Waals surface area (Å²) < 4.78 is 2.63. The first-order valence-electron chi connectivity index (χ1n) is 10.4. The minimum absolute atomic E-state index is 0.207. The number of likely N-dealkylation sites (tertiary alicyclic amines) is 1. The van der Waals surface area contributed by atoms with Gasteiger partial charge in [-0.1, -0.05) is 57.9 Å². The average Bonchev–Trinajstić information content (AvgIpc) is 3.15. The molecule has 0 aliphatic carbocycles. The molecule has 2 heterocycles. The number of carbonyl (C=O) groups excluding carboxylic acids is 1. The summed E-state index contributed by atoms with van der Waals surface area (Å²) in [5, 5.41) is 11.3. The van der Waals surface area contributed by atoms with Gasteiger partial charge in [0.15, 0.2) is 5.69 Å². The largest absolute Gasteiger partial charge is 0.346 e. The van der Waals surface area contributed by atoms with E-state index >= 15 is 0 Å². The van der Waals surface area contributed by atoms with Gasteiger partial charge in [0.05, 0.1) is 11.4 Å². The second-order valence-electron chi connectivity index (χ2n) is 7.70.